The van der Waals surface area contributed by atoms with E-state index in [0.717, 1.165) is 5.56 Å². The average molecular weight is 273 g/mol. The van der Waals surface area contributed by atoms with E-state index in [2.05, 4.69) is 5.10 Å². The van der Waals surface area contributed by atoms with Crippen LogP contribution >= 0.6 is 0 Å². The lowest BCUT2D eigenvalue weighted by Gasteiger charge is -2.24. The van der Waals surface area contributed by atoms with Gasteiger partial charge in [0.15, 0.2) is 9.84 Å². The van der Waals surface area contributed by atoms with Crippen molar-refractivity contribution in [2.24, 2.45) is 0 Å². The number of aryl methyl sites for hydroxylation is 1. The molecule has 6 nitrogen and oxygen atoms in total. The third-order valence-corrected chi connectivity index (χ3v) is 5.37. The van der Waals surface area contributed by atoms with E-state index in [1.165, 1.54) is 0 Å². The lowest BCUT2D eigenvalue weighted by atomic mass is 10.0. The summed E-state index contributed by atoms with van der Waals surface area (Å²) in [5, 5.41) is 13.0. The Bertz CT molecular complexity index is 538. The van der Waals surface area contributed by atoms with Gasteiger partial charge in [0.05, 0.1) is 23.2 Å². The van der Waals surface area contributed by atoms with Crippen LogP contribution in [0.3, 0.4) is 0 Å². The van der Waals surface area contributed by atoms with Crippen LogP contribution in [0.25, 0.3) is 0 Å². The Kier molecular flexibility index (Phi) is 3.37. The Balaban J connectivity index is 2.27. The van der Waals surface area contributed by atoms with Gasteiger partial charge in [0.2, 0.25) is 0 Å². The minimum absolute atomic E-state index is 0.0886. The fourth-order valence-electron chi connectivity index (χ4n) is 2.44. The van der Waals surface area contributed by atoms with Crippen LogP contribution in [0.5, 0.6) is 0 Å². The van der Waals surface area contributed by atoms with Crippen LogP contribution < -0.4 is 5.73 Å². The lowest BCUT2D eigenvalue weighted by Crippen LogP contribution is -2.33. The van der Waals surface area contributed by atoms with Gasteiger partial charge in [-0.1, -0.05) is 0 Å². The predicted molar refractivity (Wildman–Crippen MR) is 69.0 cm³/mol. The highest BCUT2D eigenvalue weighted by Crippen LogP contribution is 2.33. The number of hydrogen-bond donors (Lipinski definition) is 2. The Labute approximate surface area is 107 Å². The molecule has 1 saturated heterocycles. The second-order valence-electron chi connectivity index (χ2n) is 5.13. The summed E-state index contributed by atoms with van der Waals surface area (Å²) in [6.45, 7) is 1.98. The van der Waals surface area contributed by atoms with Crippen LogP contribution in [0.2, 0.25) is 0 Å². The Morgan fingerprint density at radius 3 is 2.89 bits per heavy atom. The van der Waals surface area contributed by atoms with Crippen molar-refractivity contribution in [1.82, 2.24) is 9.78 Å². The molecule has 0 aromatic carbocycles. The summed E-state index contributed by atoms with van der Waals surface area (Å²) in [5.74, 6) is 0.795. The van der Waals surface area contributed by atoms with Gasteiger partial charge < -0.3 is 10.8 Å². The van der Waals surface area contributed by atoms with E-state index in [-0.39, 0.29) is 18.1 Å². The molecule has 7 heteroatoms. The summed E-state index contributed by atoms with van der Waals surface area (Å²) in [7, 11) is -2.98. The van der Waals surface area contributed by atoms with Gasteiger partial charge in [0.1, 0.15) is 5.82 Å². The zero-order valence-corrected chi connectivity index (χ0v) is 11.3. The maximum atomic E-state index is 11.6. The first kappa shape index (κ1) is 13.4. The van der Waals surface area contributed by atoms with Crippen LogP contribution in [0.1, 0.15) is 25.3 Å². The first-order valence-electron chi connectivity index (χ1n) is 6.02. The Morgan fingerprint density at radius 1 is 1.61 bits per heavy atom. The number of aliphatic hydroxyl groups is 1. The molecule has 3 N–H and O–H groups in total. The summed E-state index contributed by atoms with van der Waals surface area (Å²) in [4.78, 5) is 0. The Hall–Kier alpha value is -1.08. The molecule has 1 aromatic rings. The van der Waals surface area contributed by atoms with Gasteiger partial charge in [0, 0.05) is 12.2 Å². The van der Waals surface area contributed by atoms with Gasteiger partial charge in [-0.2, -0.15) is 5.10 Å². The van der Waals surface area contributed by atoms with Crippen molar-refractivity contribution in [1.29, 1.82) is 0 Å². The molecule has 102 valence electrons. The number of hydrogen-bond acceptors (Lipinski definition) is 5. The maximum absolute atomic E-state index is 11.6. The van der Waals surface area contributed by atoms with E-state index in [1.807, 2.05) is 6.92 Å². The summed E-state index contributed by atoms with van der Waals surface area (Å²) < 4.78 is 24.8. The van der Waals surface area contributed by atoms with Crippen LogP contribution in [0.4, 0.5) is 5.82 Å². The third kappa shape index (κ3) is 2.37. The molecule has 1 unspecified atom stereocenters. The number of rotatable bonds is 4. The molecule has 1 atom stereocenters. The highest BCUT2D eigenvalue weighted by atomic mass is 32.2. The molecule has 1 aliphatic rings. The molecular formula is C11H19N3O3S. The number of nitrogen functional groups attached to an aromatic ring is 1. The number of anilines is 1. The van der Waals surface area contributed by atoms with E-state index in [0.29, 0.717) is 25.1 Å². The van der Waals surface area contributed by atoms with Crippen molar-refractivity contribution in [3.8, 4) is 0 Å². The Morgan fingerprint density at radius 2 is 2.33 bits per heavy atom. The van der Waals surface area contributed by atoms with Gasteiger partial charge in [-0.25, -0.2) is 13.1 Å². The van der Waals surface area contributed by atoms with E-state index in [4.69, 9.17) is 10.8 Å². The fourth-order valence-corrected chi connectivity index (χ4v) is 4.55. The highest BCUT2D eigenvalue weighted by Gasteiger charge is 2.41. The number of nitrogens with two attached hydrogens (primary N) is 1. The fraction of sp³-hybridized carbons (Fsp3) is 0.727. The molecule has 1 fully saturated rings. The second-order valence-corrected chi connectivity index (χ2v) is 7.32. The minimum atomic E-state index is -2.98. The van der Waals surface area contributed by atoms with E-state index < -0.39 is 15.4 Å². The van der Waals surface area contributed by atoms with Gasteiger partial charge in [-0.05, 0) is 26.2 Å². The molecule has 0 aliphatic carbocycles. The largest absolute Gasteiger partial charge is 0.396 e. The number of nitrogens with zero attached hydrogens (tertiary/aromatic N) is 2. The summed E-state index contributed by atoms with van der Waals surface area (Å²) in [5.41, 5.74) is 6.35. The van der Waals surface area contributed by atoms with Crippen LogP contribution in [-0.4, -0.2) is 41.4 Å². The highest BCUT2D eigenvalue weighted by molar-refractivity contribution is 7.91. The van der Waals surface area contributed by atoms with Crippen molar-refractivity contribution in [2.75, 3.05) is 23.8 Å². The molecule has 0 bridgehead atoms. The van der Waals surface area contributed by atoms with Gasteiger partial charge >= 0.3 is 0 Å². The van der Waals surface area contributed by atoms with Crippen molar-refractivity contribution < 1.29 is 13.5 Å². The quantitative estimate of drug-likeness (QED) is 0.800. The zero-order chi connectivity index (χ0) is 13.4. The van der Waals surface area contributed by atoms with Gasteiger partial charge in [-0.3, -0.25) is 0 Å². The predicted octanol–water partition coefficient (Wildman–Crippen LogP) is -0.0761. The lowest BCUT2D eigenvalue weighted by molar-refractivity contribution is 0.288. The van der Waals surface area contributed by atoms with Crippen molar-refractivity contribution in [2.45, 2.75) is 31.7 Å². The molecule has 1 aliphatic heterocycles. The normalized spacial score (nSPS) is 26.6. The topological polar surface area (TPSA) is 98.2 Å². The van der Waals surface area contributed by atoms with Crippen LogP contribution in [0.15, 0.2) is 6.20 Å². The summed E-state index contributed by atoms with van der Waals surface area (Å²) >= 11 is 0. The molecule has 2 rings (SSSR count). The van der Waals surface area contributed by atoms with E-state index >= 15 is 0 Å². The van der Waals surface area contributed by atoms with Crippen molar-refractivity contribution in [3.63, 3.8) is 0 Å². The first-order chi connectivity index (χ1) is 8.38. The third-order valence-electron chi connectivity index (χ3n) is 3.48. The molecule has 0 saturated carbocycles. The van der Waals surface area contributed by atoms with E-state index in [1.54, 1.807) is 10.9 Å². The number of aliphatic hydroxyl groups excluding tert-OH is 1. The van der Waals surface area contributed by atoms with E-state index in [9.17, 15) is 8.42 Å². The second kappa shape index (κ2) is 4.55. The monoisotopic (exact) mass is 273 g/mol. The molecule has 2 heterocycles. The minimum Gasteiger partial charge on any atom is -0.396 e. The molecule has 1 aromatic heterocycles. The molecule has 18 heavy (non-hydrogen) atoms. The SMILES string of the molecule is CC1(n2ncc(CCCO)c2N)CCS(=O)(=O)C1. The van der Waals surface area contributed by atoms with Crippen LogP contribution in [-0.2, 0) is 21.8 Å². The molecule has 0 radical (unpaired) electrons. The standard InChI is InChI=1S/C11H19N3O3S/c1-11(4-6-18(16,17)8-11)14-10(12)9(7-13-14)3-2-5-15/h7,15H,2-6,8,12H2,1H3. The summed E-state index contributed by atoms with van der Waals surface area (Å²) in [6, 6.07) is 0. The number of sulfone groups is 1. The number of aromatic nitrogens is 2. The summed E-state index contributed by atoms with van der Waals surface area (Å²) in [6.07, 6.45) is 3.50. The van der Waals surface area contributed by atoms with Crippen molar-refractivity contribution >= 4 is 15.7 Å². The smallest absolute Gasteiger partial charge is 0.152 e. The van der Waals surface area contributed by atoms with Crippen LogP contribution in [0, 0.1) is 0 Å². The molecule has 0 amide bonds. The average Bonchev–Trinajstić information content (AvgIpc) is 2.78. The van der Waals surface area contributed by atoms with Gasteiger partial charge in [-0.15, -0.1) is 0 Å². The molecule has 0 spiro atoms. The molecular weight excluding hydrogens is 254 g/mol. The van der Waals surface area contributed by atoms with Gasteiger partial charge in [0.25, 0.3) is 0 Å². The zero-order valence-electron chi connectivity index (χ0n) is 10.5. The first-order valence-corrected chi connectivity index (χ1v) is 7.84. The van der Waals surface area contributed by atoms with Crippen molar-refractivity contribution in [3.05, 3.63) is 11.8 Å². The maximum Gasteiger partial charge on any atom is 0.152 e.